The molecule has 8 N–H and O–H groups in total. The van der Waals surface area contributed by atoms with Crippen LogP contribution in [-0.4, -0.2) is 30.7 Å². The quantitative estimate of drug-likeness (QED) is 0.159. The molecule has 0 rings (SSSR count). The summed E-state index contributed by atoms with van der Waals surface area (Å²) in [6.45, 7) is 0. The predicted octanol–water partition coefficient (Wildman–Crippen LogP) is -5.52. The van der Waals surface area contributed by atoms with Gasteiger partial charge in [-0.25, -0.2) is 4.79 Å². The van der Waals surface area contributed by atoms with Gasteiger partial charge < -0.3 is 5.73 Å². The van der Waals surface area contributed by atoms with Gasteiger partial charge in [-0.15, -0.1) is 0 Å². The predicted molar refractivity (Wildman–Crippen MR) is 32.5 cm³/mol. The molecule has 0 aromatic rings. The molecule has 0 spiro atoms. The van der Waals surface area contributed by atoms with E-state index in [4.69, 9.17) is 23.4 Å². The van der Waals surface area contributed by atoms with Crippen LogP contribution in [0.3, 0.4) is 0 Å². The number of rotatable bonds is 0. The molecule has 11 heavy (non-hydrogen) atoms. The Bertz CT molecular complexity index is 153. The number of nitrogens with one attached hydrogen (secondary N) is 1. The van der Waals surface area contributed by atoms with Crippen molar-refractivity contribution in [2.75, 3.05) is 0 Å². The van der Waals surface area contributed by atoms with Gasteiger partial charge >= 0.3 is 38.7 Å². The van der Waals surface area contributed by atoms with Crippen LogP contribution in [0.25, 0.3) is 0 Å². The molecule has 0 aromatic heterocycles. The zero-order valence-corrected chi connectivity index (χ0v) is 7.03. The van der Waals surface area contributed by atoms with Crippen molar-refractivity contribution in [3.63, 3.8) is 0 Å². The van der Waals surface area contributed by atoms with E-state index < -0.39 is 20.5 Å². The minimum absolute atomic E-state index is 0.187. The molecule has 8 nitrogen and oxygen atoms in total. The normalized spacial score (nSPS) is 10.4. The van der Waals surface area contributed by atoms with Crippen LogP contribution < -0.4 is 26.4 Å². The first kappa shape index (κ1) is 12.6. The van der Waals surface area contributed by atoms with E-state index in [9.17, 15) is 4.79 Å². The molecule has 0 radical (unpaired) electrons. The Labute approximate surface area is 66.4 Å². The topological polar surface area (TPSA) is 167 Å². The van der Waals surface area contributed by atoms with Gasteiger partial charge in [-0.3, -0.25) is 11.1 Å². The second kappa shape index (κ2) is 7.09. The molecule has 9 heteroatoms. The standard InChI is InChI=1S/C2H6N4O.H2O3Se/c3-1(4)6-2(5)7;1-4(2)3/h(H6,3,4,5,6,7);(H2,1,2,3). The van der Waals surface area contributed by atoms with E-state index >= 15 is 0 Å². The van der Waals surface area contributed by atoms with Gasteiger partial charge in [0.1, 0.15) is 0 Å². The van der Waals surface area contributed by atoms with E-state index in [1.165, 1.54) is 0 Å². The molecule has 0 fully saturated rings. The van der Waals surface area contributed by atoms with Gasteiger partial charge in [0.25, 0.3) is 0 Å². The second-order valence-electron chi connectivity index (χ2n) is 1.16. The molecule has 0 aliphatic heterocycles. The van der Waals surface area contributed by atoms with Crippen LogP contribution in [0, 0.1) is 0 Å². The summed E-state index contributed by atoms with van der Waals surface area (Å²) in [6, 6.07) is -0.750. The van der Waals surface area contributed by atoms with Crippen molar-refractivity contribution in [1.82, 2.24) is 5.32 Å². The summed E-state index contributed by atoms with van der Waals surface area (Å²) < 4.78 is 24.4. The zero-order chi connectivity index (χ0) is 9.44. The summed E-state index contributed by atoms with van der Waals surface area (Å²) in [4.78, 5) is 9.74. The van der Waals surface area contributed by atoms with E-state index in [-0.39, 0.29) is 5.96 Å². The van der Waals surface area contributed by atoms with E-state index in [1.54, 1.807) is 0 Å². The Kier molecular flexibility index (Phi) is 8.15. The van der Waals surface area contributed by atoms with Gasteiger partial charge in [-0.05, 0) is 0 Å². The Morgan fingerprint density at radius 2 is 1.91 bits per heavy atom. The van der Waals surface area contributed by atoms with Crippen LogP contribution in [0.2, 0.25) is 0 Å². The number of primary amides is 1. The van der Waals surface area contributed by atoms with Gasteiger partial charge in [0.15, 0.2) is 0 Å². The molecule has 0 saturated carbocycles. The molecule has 1 unspecified atom stereocenters. The van der Waals surface area contributed by atoms with Crippen molar-refractivity contribution in [3.8, 4) is 0 Å². The first-order valence-electron chi connectivity index (χ1n) is 2.09. The summed E-state index contributed by atoms with van der Waals surface area (Å²) in [5.41, 5.74) is 9.34. The van der Waals surface area contributed by atoms with Gasteiger partial charge in [0, 0.05) is 0 Å². The first-order valence-corrected chi connectivity index (χ1v) is 4.25. The summed E-state index contributed by atoms with van der Waals surface area (Å²) in [5.74, 6) is -0.187. The van der Waals surface area contributed by atoms with E-state index in [1.807, 2.05) is 5.32 Å². The van der Waals surface area contributed by atoms with Gasteiger partial charge in [-0.2, -0.15) is 5.32 Å². The molecule has 1 atom stereocenters. The van der Waals surface area contributed by atoms with Crippen LogP contribution in [0.15, 0.2) is 0 Å². The number of hydrogen-bond donors (Lipinski definition) is 5. The minimum atomic E-state index is -3.54. The molecule has 0 aliphatic carbocycles. The summed E-state index contributed by atoms with van der Waals surface area (Å²) in [7, 11) is 0. The van der Waals surface area contributed by atoms with Crippen LogP contribution >= 0.6 is 0 Å². The second-order valence-corrected chi connectivity index (χ2v) is 2.07. The van der Waals surface area contributed by atoms with Crippen LogP contribution in [0.4, 0.5) is 4.79 Å². The first-order chi connectivity index (χ1) is 4.86. The number of guanidine groups is 1. The number of carbonyl (C=O) groups excluding carboxylic acids is 1. The Balaban J connectivity index is 0. The third-order valence-electron chi connectivity index (χ3n) is 0.268. The van der Waals surface area contributed by atoms with Crippen molar-refractivity contribution < 1.29 is 22.4 Å². The van der Waals surface area contributed by atoms with Gasteiger partial charge in [0.05, 0.1) is 0 Å². The third-order valence-corrected chi connectivity index (χ3v) is 0.268. The van der Waals surface area contributed by atoms with Crippen molar-refractivity contribution in [3.05, 3.63) is 0 Å². The van der Waals surface area contributed by atoms with Gasteiger partial charge in [0.2, 0.25) is 0 Å². The monoisotopic (exact) mass is 232 g/mol. The Hall–Kier alpha value is -1.02. The maximum atomic E-state index is 9.74. The van der Waals surface area contributed by atoms with Gasteiger partial charge in [-0.1, -0.05) is 0 Å². The molecule has 0 saturated heterocycles. The van der Waals surface area contributed by atoms with Crippen LogP contribution in [0.5, 0.6) is 0 Å². The molecule has 0 heterocycles. The van der Waals surface area contributed by atoms with Crippen LogP contribution in [0.1, 0.15) is 0 Å². The third kappa shape index (κ3) is 49.3. The summed E-state index contributed by atoms with van der Waals surface area (Å²) in [6.07, 6.45) is 0. The zero-order valence-electron chi connectivity index (χ0n) is 5.31. The molecule has 0 aromatic carbocycles. The Morgan fingerprint density at radius 3 is 1.91 bits per heavy atom. The molecule has 66 valence electrons. The average molecular weight is 231 g/mol. The van der Waals surface area contributed by atoms with Crippen molar-refractivity contribution in [2.45, 2.75) is 0 Å². The number of nitrogens with two attached hydrogens (primary N) is 3. The van der Waals surface area contributed by atoms with Crippen molar-refractivity contribution in [1.29, 1.82) is 0 Å². The van der Waals surface area contributed by atoms with Crippen molar-refractivity contribution in [2.24, 2.45) is 11.5 Å². The number of urea groups is 1. The summed E-state index contributed by atoms with van der Waals surface area (Å²) >= 11 is -3.54. The number of hydrogen-bond acceptors (Lipinski definition) is 3. The fourth-order valence-corrected chi connectivity index (χ4v) is 0.142. The maximum absolute atomic E-state index is 9.74. The fraction of sp³-hybridized carbons (Fsp3) is 0. The van der Waals surface area contributed by atoms with Crippen LogP contribution in [-0.2, 0) is 3.83 Å². The van der Waals surface area contributed by atoms with E-state index in [0.717, 1.165) is 0 Å². The molecule has 0 aliphatic rings. The number of amides is 2. The average Bonchev–Trinajstić information content (AvgIpc) is 1.56. The van der Waals surface area contributed by atoms with E-state index in [2.05, 4.69) is 5.73 Å². The Morgan fingerprint density at radius 1 is 1.64 bits per heavy atom. The van der Waals surface area contributed by atoms with Crippen molar-refractivity contribution >= 4 is 26.5 Å². The molecule has 2 amide bonds. The molecular formula is C2H8N4O4Se. The molecular weight excluding hydrogens is 223 g/mol. The fourth-order valence-electron chi connectivity index (χ4n) is 0.142. The number of carbonyl (C=O) groups is 1. The van der Waals surface area contributed by atoms with E-state index in [0.29, 0.717) is 0 Å². The SMILES string of the molecule is NC(=[NH2+])NC(N)=O.O=[Se]([O-])O. The molecule has 0 bridgehead atoms. The summed E-state index contributed by atoms with van der Waals surface area (Å²) in [5, 5.41) is 6.69.